The highest BCUT2D eigenvalue weighted by Crippen LogP contribution is 2.32. The number of aromatic nitrogens is 4. The molecule has 132 valence electrons. The standard InChI is InChI=1S/C18H17N5OS2/c1-8-5-6-13(25-8)12-7-14(23-22-12)21-17(24)16-9(2)15-10(3)19-11(4)20-18(15)26-16/h5-7H,1-4H3,(H2,21,22,23,24). The summed E-state index contributed by atoms with van der Waals surface area (Å²) in [5.41, 5.74) is 2.70. The first-order valence-electron chi connectivity index (χ1n) is 8.10. The van der Waals surface area contributed by atoms with E-state index < -0.39 is 0 Å². The van der Waals surface area contributed by atoms with Gasteiger partial charge in [-0.15, -0.1) is 22.7 Å². The largest absolute Gasteiger partial charge is 0.304 e. The third-order valence-electron chi connectivity index (χ3n) is 4.11. The molecule has 0 aromatic carbocycles. The molecule has 1 amide bonds. The molecule has 0 aliphatic heterocycles. The highest BCUT2D eigenvalue weighted by atomic mass is 32.1. The van der Waals surface area contributed by atoms with Gasteiger partial charge in [0.1, 0.15) is 10.7 Å². The Morgan fingerprint density at radius 2 is 1.92 bits per heavy atom. The highest BCUT2D eigenvalue weighted by molar-refractivity contribution is 7.20. The fourth-order valence-electron chi connectivity index (χ4n) is 2.95. The number of H-pyrrole nitrogens is 1. The molecule has 4 rings (SSSR count). The number of aromatic amines is 1. The molecule has 0 saturated heterocycles. The Hall–Kier alpha value is -2.58. The van der Waals surface area contributed by atoms with Crippen LogP contribution in [-0.2, 0) is 0 Å². The van der Waals surface area contributed by atoms with Gasteiger partial charge in [-0.2, -0.15) is 5.10 Å². The fraction of sp³-hybridized carbons (Fsp3) is 0.222. The third-order valence-corrected chi connectivity index (χ3v) is 6.33. The number of hydrogen-bond donors (Lipinski definition) is 2. The number of anilines is 1. The van der Waals surface area contributed by atoms with Crippen molar-refractivity contribution in [3.05, 3.63) is 45.0 Å². The van der Waals surface area contributed by atoms with Crippen molar-refractivity contribution in [1.29, 1.82) is 0 Å². The van der Waals surface area contributed by atoms with Crippen molar-refractivity contribution in [2.24, 2.45) is 0 Å². The summed E-state index contributed by atoms with van der Waals surface area (Å²) in [6.07, 6.45) is 0. The van der Waals surface area contributed by atoms with Crippen LogP contribution in [0.25, 0.3) is 20.8 Å². The van der Waals surface area contributed by atoms with Crippen LogP contribution in [0, 0.1) is 27.7 Å². The number of hydrogen-bond acceptors (Lipinski definition) is 6. The lowest BCUT2D eigenvalue weighted by atomic mass is 10.1. The Labute approximate surface area is 158 Å². The minimum atomic E-state index is -0.178. The molecule has 0 spiro atoms. The summed E-state index contributed by atoms with van der Waals surface area (Å²) in [5.74, 6) is 1.04. The van der Waals surface area contributed by atoms with Crippen molar-refractivity contribution < 1.29 is 4.79 Å². The maximum Gasteiger partial charge on any atom is 0.267 e. The number of nitrogens with zero attached hydrogens (tertiary/aromatic N) is 3. The molecule has 0 aliphatic carbocycles. The normalized spacial score (nSPS) is 11.2. The van der Waals surface area contributed by atoms with Gasteiger partial charge in [0.15, 0.2) is 5.82 Å². The third kappa shape index (κ3) is 2.91. The SMILES string of the molecule is Cc1nc(C)c2c(C)c(C(=O)Nc3cc(-c4ccc(C)s4)[nH]n3)sc2n1. The number of thiophene rings is 2. The Bertz CT molecular complexity index is 1140. The van der Waals surface area contributed by atoms with Gasteiger partial charge in [-0.25, -0.2) is 9.97 Å². The molecule has 4 aromatic heterocycles. The van der Waals surface area contributed by atoms with Gasteiger partial charge in [0.25, 0.3) is 5.91 Å². The Morgan fingerprint density at radius 3 is 2.65 bits per heavy atom. The molecular weight excluding hydrogens is 366 g/mol. The van der Waals surface area contributed by atoms with Crippen LogP contribution < -0.4 is 5.32 Å². The first kappa shape index (κ1) is 16.9. The van der Waals surface area contributed by atoms with Crippen molar-refractivity contribution in [3.63, 3.8) is 0 Å². The van der Waals surface area contributed by atoms with E-state index in [2.05, 4.69) is 38.5 Å². The number of carbonyl (C=O) groups is 1. The first-order chi connectivity index (χ1) is 12.4. The average molecular weight is 384 g/mol. The van der Waals surface area contributed by atoms with Crippen LogP contribution in [0.3, 0.4) is 0 Å². The number of carbonyl (C=O) groups excluding carboxylic acids is 1. The Balaban J connectivity index is 1.63. The number of nitrogens with one attached hydrogen (secondary N) is 2. The molecule has 0 fully saturated rings. The second kappa shape index (κ2) is 6.30. The fourth-order valence-corrected chi connectivity index (χ4v) is 4.96. The first-order valence-corrected chi connectivity index (χ1v) is 9.73. The monoisotopic (exact) mass is 383 g/mol. The van der Waals surface area contributed by atoms with Crippen molar-refractivity contribution in [2.45, 2.75) is 27.7 Å². The van der Waals surface area contributed by atoms with E-state index in [9.17, 15) is 4.79 Å². The van der Waals surface area contributed by atoms with E-state index in [0.717, 1.165) is 32.0 Å². The summed E-state index contributed by atoms with van der Waals surface area (Å²) in [7, 11) is 0. The van der Waals surface area contributed by atoms with Gasteiger partial charge in [-0.05, 0) is 45.4 Å². The van der Waals surface area contributed by atoms with Crippen LogP contribution in [0.15, 0.2) is 18.2 Å². The number of amides is 1. The highest BCUT2D eigenvalue weighted by Gasteiger charge is 2.19. The second-order valence-corrected chi connectivity index (χ2v) is 8.41. The van der Waals surface area contributed by atoms with Crippen LogP contribution in [0.4, 0.5) is 5.82 Å². The predicted molar refractivity (Wildman–Crippen MR) is 106 cm³/mol. The van der Waals surface area contributed by atoms with Crippen molar-refractivity contribution in [3.8, 4) is 10.6 Å². The number of rotatable bonds is 3. The molecule has 0 unspecified atom stereocenters. The van der Waals surface area contributed by atoms with Crippen molar-refractivity contribution in [2.75, 3.05) is 5.32 Å². The summed E-state index contributed by atoms with van der Waals surface area (Å²) in [5, 5.41) is 11.0. The molecular formula is C18H17N5OS2. The molecule has 6 nitrogen and oxygen atoms in total. The zero-order chi connectivity index (χ0) is 18.4. The van der Waals surface area contributed by atoms with E-state index in [1.165, 1.54) is 16.2 Å². The zero-order valence-corrected chi connectivity index (χ0v) is 16.4. The van der Waals surface area contributed by atoms with Crippen LogP contribution in [0.1, 0.15) is 31.6 Å². The van der Waals surface area contributed by atoms with Gasteiger partial charge in [-0.1, -0.05) is 0 Å². The van der Waals surface area contributed by atoms with E-state index in [0.29, 0.717) is 16.5 Å². The Kier molecular flexibility index (Phi) is 4.08. The minimum absolute atomic E-state index is 0.178. The van der Waals surface area contributed by atoms with Gasteiger partial charge in [0, 0.05) is 22.0 Å². The van der Waals surface area contributed by atoms with Crippen LogP contribution in [0.2, 0.25) is 0 Å². The van der Waals surface area contributed by atoms with Crippen LogP contribution >= 0.6 is 22.7 Å². The van der Waals surface area contributed by atoms with Gasteiger partial charge < -0.3 is 5.32 Å². The molecule has 2 N–H and O–H groups in total. The number of aryl methyl sites for hydroxylation is 4. The van der Waals surface area contributed by atoms with E-state index in [1.807, 2.05) is 32.9 Å². The van der Waals surface area contributed by atoms with Gasteiger partial charge in [-0.3, -0.25) is 9.89 Å². The molecule has 8 heteroatoms. The summed E-state index contributed by atoms with van der Waals surface area (Å²) >= 11 is 3.07. The quantitative estimate of drug-likeness (QED) is 0.540. The lowest BCUT2D eigenvalue weighted by molar-refractivity contribution is 0.102. The maximum absolute atomic E-state index is 12.8. The van der Waals surface area contributed by atoms with Gasteiger partial charge in [0.05, 0.1) is 15.4 Å². The predicted octanol–water partition coefficient (Wildman–Crippen LogP) is 4.63. The van der Waals surface area contributed by atoms with E-state index in [4.69, 9.17) is 0 Å². The summed E-state index contributed by atoms with van der Waals surface area (Å²) in [4.78, 5) is 25.4. The molecule has 0 radical (unpaired) electrons. The van der Waals surface area contributed by atoms with Crippen LogP contribution in [-0.4, -0.2) is 26.1 Å². The minimum Gasteiger partial charge on any atom is -0.304 e. The van der Waals surface area contributed by atoms with Gasteiger partial charge >= 0.3 is 0 Å². The van der Waals surface area contributed by atoms with Gasteiger partial charge in [0.2, 0.25) is 0 Å². The topological polar surface area (TPSA) is 83.6 Å². The molecule has 26 heavy (non-hydrogen) atoms. The zero-order valence-electron chi connectivity index (χ0n) is 14.8. The van der Waals surface area contributed by atoms with Crippen molar-refractivity contribution in [1.82, 2.24) is 20.2 Å². The lowest BCUT2D eigenvalue weighted by Crippen LogP contribution is -2.11. The van der Waals surface area contributed by atoms with E-state index in [1.54, 1.807) is 11.3 Å². The molecule has 0 saturated carbocycles. The van der Waals surface area contributed by atoms with E-state index >= 15 is 0 Å². The summed E-state index contributed by atoms with van der Waals surface area (Å²) in [6, 6.07) is 5.95. The average Bonchev–Trinajstić information content (AvgIpc) is 3.26. The molecule has 0 atom stereocenters. The second-order valence-electron chi connectivity index (χ2n) is 6.12. The molecule has 0 aliphatic rings. The number of fused-ring (bicyclic) bond motifs is 1. The molecule has 0 bridgehead atoms. The molecule has 4 aromatic rings. The van der Waals surface area contributed by atoms with Crippen LogP contribution in [0.5, 0.6) is 0 Å². The summed E-state index contributed by atoms with van der Waals surface area (Å²) < 4.78 is 0. The maximum atomic E-state index is 12.8. The Morgan fingerprint density at radius 1 is 1.12 bits per heavy atom. The van der Waals surface area contributed by atoms with Crippen molar-refractivity contribution >= 4 is 44.6 Å². The summed E-state index contributed by atoms with van der Waals surface area (Å²) in [6.45, 7) is 7.80. The molecule has 4 heterocycles. The smallest absolute Gasteiger partial charge is 0.267 e. The van der Waals surface area contributed by atoms with E-state index in [-0.39, 0.29) is 5.91 Å². The lowest BCUT2D eigenvalue weighted by Gasteiger charge is -2.01.